The highest BCUT2D eigenvalue weighted by atomic mass is 32.2. The minimum Gasteiger partial charge on any atom is -0.358 e. The lowest BCUT2D eigenvalue weighted by atomic mass is 9.80. The van der Waals surface area contributed by atoms with Crippen LogP contribution in [0.4, 0.5) is 19.0 Å². The van der Waals surface area contributed by atoms with E-state index in [0.717, 1.165) is 4.57 Å². The lowest BCUT2D eigenvalue weighted by Gasteiger charge is -2.37. The number of nitrogens with zero attached hydrogens (tertiary/aromatic N) is 2. The third kappa shape index (κ3) is 6.83. The molecule has 1 aromatic heterocycles. The first-order valence-electron chi connectivity index (χ1n) is 13.7. The van der Waals surface area contributed by atoms with Gasteiger partial charge in [0, 0.05) is 19.5 Å². The maximum Gasteiger partial charge on any atom is 0.523 e. The van der Waals surface area contributed by atoms with E-state index < -0.39 is 64.3 Å². The molecule has 1 amide bonds. The molecule has 45 heavy (non-hydrogen) atoms. The lowest BCUT2D eigenvalue weighted by Crippen LogP contribution is -2.40. The first-order valence-corrected chi connectivity index (χ1v) is 15.1. The van der Waals surface area contributed by atoms with Gasteiger partial charge in [-0.2, -0.15) is 26.6 Å². The van der Waals surface area contributed by atoms with Gasteiger partial charge >= 0.3 is 21.3 Å². The van der Waals surface area contributed by atoms with E-state index in [1.807, 2.05) is 91.0 Å². The van der Waals surface area contributed by atoms with Gasteiger partial charge in [0.2, 0.25) is 5.91 Å². The first-order chi connectivity index (χ1) is 21.4. The molecule has 3 aromatic carbocycles. The predicted molar refractivity (Wildman–Crippen MR) is 156 cm³/mol. The van der Waals surface area contributed by atoms with Crippen LogP contribution in [-0.2, 0) is 34.2 Å². The summed E-state index contributed by atoms with van der Waals surface area (Å²) in [5.41, 5.74) is -5.84. The van der Waals surface area contributed by atoms with Crippen LogP contribution in [0.2, 0.25) is 0 Å². The maximum atomic E-state index is 13.4. The van der Waals surface area contributed by atoms with Crippen LogP contribution in [0.1, 0.15) is 36.3 Å². The third-order valence-electron chi connectivity index (χ3n) is 7.16. The van der Waals surface area contributed by atoms with Crippen molar-refractivity contribution in [2.75, 3.05) is 11.9 Å². The van der Waals surface area contributed by atoms with Crippen LogP contribution in [0.5, 0.6) is 0 Å². The molecule has 10 nitrogen and oxygen atoms in total. The lowest BCUT2D eigenvalue weighted by molar-refractivity contribution is -0.114. The quantitative estimate of drug-likeness (QED) is 0.149. The number of benzene rings is 3. The van der Waals surface area contributed by atoms with Gasteiger partial charge in [-0.1, -0.05) is 91.0 Å². The summed E-state index contributed by atoms with van der Waals surface area (Å²) < 4.78 is 82.7. The van der Waals surface area contributed by atoms with Crippen molar-refractivity contribution in [1.82, 2.24) is 9.55 Å². The van der Waals surface area contributed by atoms with Crippen molar-refractivity contribution in [1.29, 1.82) is 0 Å². The number of ether oxygens (including phenoxy) is 2. The van der Waals surface area contributed by atoms with Crippen molar-refractivity contribution in [3.63, 3.8) is 0 Å². The Kier molecular flexibility index (Phi) is 9.20. The summed E-state index contributed by atoms with van der Waals surface area (Å²) in [5.74, 6) is -0.522. The molecule has 0 radical (unpaired) electrons. The Morgan fingerprint density at radius 2 is 1.44 bits per heavy atom. The fourth-order valence-corrected chi connectivity index (χ4v) is 5.83. The van der Waals surface area contributed by atoms with Crippen molar-refractivity contribution >= 4 is 21.8 Å². The highest BCUT2D eigenvalue weighted by molar-refractivity contribution is 7.87. The highest BCUT2D eigenvalue weighted by Gasteiger charge is 2.52. The summed E-state index contributed by atoms with van der Waals surface area (Å²) in [4.78, 5) is 27.9. The van der Waals surface area contributed by atoms with Gasteiger partial charge < -0.3 is 14.8 Å². The van der Waals surface area contributed by atoms with Crippen molar-refractivity contribution in [3.8, 4) is 0 Å². The Labute approximate surface area is 256 Å². The van der Waals surface area contributed by atoms with E-state index in [1.165, 1.54) is 19.2 Å². The zero-order valence-corrected chi connectivity index (χ0v) is 24.6. The number of alkyl halides is 3. The van der Waals surface area contributed by atoms with E-state index >= 15 is 0 Å². The monoisotopic (exact) mass is 643 g/mol. The number of halogens is 3. The molecule has 0 spiro atoms. The van der Waals surface area contributed by atoms with E-state index in [9.17, 15) is 31.2 Å². The van der Waals surface area contributed by atoms with Crippen LogP contribution < -0.4 is 11.0 Å². The Hall–Kier alpha value is -4.37. The summed E-state index contributed by atoms with van der Waals surface area (Å²) in [7, 11) is -6.05. The molecule has 1 saturated heterocycles. The minimum atomic E-state index is -6.05. The van der Waals surface area contributed by atoms with Gasteiger partial charge in [-0.3, -0.25) is 13.5 Å². The smallest absolute Gasteiger partial charge is 0.358 e. The number of nitrogens with one attached hydrogen (secondary N) is 1. The molecule has 2 heterocycles. The van der Waals surface area contributed by atoms with Gasteiger partial charge in [0.05, 0.1) is 6.61 Å². The number of carbonyl (C=O) groups is 1. The highest BCUT2D eigenvalue weighted by Crippen LogP contribution is 2.42. The average Bonchev–Trinajstić information content (AvgIpc) is 3.39. The molecule has 4 aromatic rings. The molecule has 236 valence electrons. The number of aromatic nitrogens is 2. The molecule has 0 bridgehead atoms. The van der Waals surface area contributed by atoms with Gasteiger partial charge in [0.15, 0.2) is 0 Å². The standard InChI is InChI=1S/C31H28F3N3O7S/c1-21(38)35-27-17-18-37(29(39)36-27)28-19-25(44-45(40,41)31(32,33)34)26(43-28)20-42-30(22-11-5-2-6-12-22,23-13-7-3-8-14-23)24-15-9-4-10-16-24/h2-18,25-26,28H,19-20H2,1H3,(H,35,36,38,39)/t25-,26+,28-/m0/s1. The van der Waals surface area contributed by atoms with E-state index in [2.05, 4.69) is 14.5 Å². The van der Waals surface area contributed by atoms with Crippen molar-refractivity contribution in [3.05, 3.63) is 130 Å². The largest absolute Gasteiger partial charge is 0.523 e. The molecule has 3 atom stereocenters. The van der Waals surface area contributed by atoms with Gasteiger partial charge in [-0.25, -0.2) is 4.79 Å². The van der Waals surface area contributed by atoms with Gasteiger partial charge in [0.1, 0.15) is 29.9 Å². The topological polar surface area (TPSA) is 126 Å². The second-order valence-electron chi connectivity index (χ2n) is 10.2. The molecule has 0 unspecified atom stereocenters. The maximum absolute atomic E-state index is 13.4. The molecule has 0 aliphatic carbocycles. The normalized spacial score (nSPS) is 18.9. The van der Waals surface area contributed by atoms with Crippen LogP contribution in [0.25, 0.3) is 0 Å². The van der Waals surface area contributed by atoms with Crippen LogP contribution in [-0.4, -0.2) is 48.2 Å². The summed E-state index contributed by atoms with van der Waals surface area (Å²) >= 11 is 0. The zero-order chi connectivity index (χ0) is 32.2. The Morgan fingerprint density at radius 3 is 1.89 bits per heavy atom. The number of rotatable bonds is 10. The second-order valence-corrected chi connectivity index (χ2v) is 11.7. The summed E-state index contributed by atoms with van der Waals surface area (Å²) in [6.07, 6.45) is -3.57. The number of carbonyl (C=O) groups excluding carboxylic acids is 1. The zero-order valence-electron chi connectivity index (χ0n) is 23.8. The van der Waals surface area contributed by atoms with E-state index in [1.54, 1.807) is 0 Å². The summed E-state index contributed by atoms with van der Waals surface area (Å²) in [6.45, 7) is 0.778. The molecule has 0 saturated carbocycles. The second kappa shape index (κ2) is 12.9. The molecular formula is C31H28F3N3O7S. The minimum absolute atomic E-state index is 0.0487. The molecular weight excluding hydrogens is 615 g/mol. The third-order valence-corrected chi connectivity index (χ3v) is 8.23. The predicted octanol–water partition coefficient (Wildman–Crippen LogP) is 4.73. The summed E-state index contributed by atoms with van der Waals surface area (Å²) in [6, 6.07) is 28.7. The SMILES string of the molecule is CC(=O)Nc1ccn([C@@H]2C[C@H](OS(=O)(=O)C(F)(F)F)[C@@H](COC(c3ccccc3)(c3ccccc3)c3ccccc3)O2)c(=O)n1. The van der Waals surface area contributed by atoms with Crippen molar-refractivity contribution in [2.24, 2.45) is 0 Å². The number of hydrogen-bond acceptors (Lipinski definition) is 8. The van der Waals surface area contributed by atoms with E-state index in [0.29, 0.717) is 16.7 Å². The fourth-order valence-electron chi connectivity index (χ4n) is 5.20. The van der Waals surface area contributed by atoms with E-state index in [-0.39, 0.29) is 5.82 Å². The Bertz CT molecular complexity index is 1690. The Balaban J connectivity index is 1.54. The number of amides is 1. The number of hydrogen-bond donors (Lipinski definition) is 1. The Morgan fingerprint density at radius 1 is 0.933 bits per heavy atom. The van der Waals surface area contributed by atoms with Crippen LogP contribution in [0.15, 0.2) is 108 Å². The molecule has 1 aliphatic rings. The van der Waals surface area contributed by atoms with Crippen LogP contribution in [0.3, 0.4) is 0 Å². The van der Waals surface area contributed by atoms with Gasteiger partial charge in [-0.15, -0.1) is 0 Å². The molecule has 14 heteroatoms. The fraction of sp³-hybridized carbons (Fsp3) is 0.258. The van der Waals surface area contributed by atoms with E-state index in [4.69, 9.17) is 9.47 Å². The first kappa shape index (κ1) is 32.0. The molecule has 1 N–H and O–H groups in total. The van der Waals surface area contributed by atoms with Gasteiger partial charge in [0.25, 0.3) is 0 Å². The van der Waals surface area contributed by atoms with Crippen LogP contribution >= 0.6 is 0 Å². The molecule has 5 rings (SSSR count). The van der Waals surface area contributed by atoms with Crippen molar-refractivity contribution in [2.45, 2.75) is 42.9 Å². The number of anilines is 1. The van der Waals surface area contributed by atoms with Crippen LogP contribution in [0, 0.1) is 0 Å². The average molecular weight is 644 g/mol. The summed E-state index contributed by atoms with van der Waals surface area (Å²) in [5, 5.41) is 2.36. The molecule has 1 aliphatic heterocycles. The van der Waals surface area contributed by atoms with Gasteiger partial charge in [-0.05, 0) is 22.8 Å². The molecule has 1 fully saturated rings. The van der Waals surface area contributed by atoms with Crippen molar-refractivity contribution < 1.29 is 40.0 Å².